The summed E-state index contributed by atoms with van der Waals surface area (Å²) in [6.07, 6.45) is 0.963. The van der Waals surface area contributed by atoms with Crippen molar-refractivity contribution >= 4 is 34.1 Å². The summed E-state index contributed by atoms with van der Waals surface area (Å²) in [5.74, 6) is 0.589. The van der Waals surface area contributed by atoms with Gasteiger partial charge < -0.3 is 4.98 Å². The van der Waals surface area contributed by atoms with Gasteiger partial charge in [0.2, 0.25) is 0 Å². The number of aromatic nitrogens is 1. The lowest BCUT2D eigenvalue weighted by atomic mass is 10.1. The second kappa shape index (κ2) is 4.07. The normalized spacial score (nSPS) is 11.5. The van der Waals surface area contributed by atoms with Gasteiger partial charge in [0.05, 0.1) is 5.02 Å². The van der Waals surface area contributed by atoms with Crippen LogP contribution in [0.3, 0.4) is 0 Å². The van der Waals surface area contributed by atoms with E-state index < -0.39 is 0 Å². The Hall–Kier alpha value is -0.660. The number of aromatic amines is 1. The molecule has 3 heteroatoms. The number of hydrogen-bond donors (Lipinski definition) is 1. The second-order valence-electron chi connectivity index (χ2n) is 4.21. The molecule has 15 heavy (non-hydrogen) atoms. The summed E-state index contributed by atoms with van der Waals surface area (Å²) >= 11 is 12.2. The summed E-state index contributed by atoms with van der Waals surface area (Å²) < 4.78 is 0. The molecule has 0 fully saturated rings. The number of fused-ring (bicyclic) bond motifs is 1. The zero-order chi connectivity index (χ0) is 11.0. The minimum atomic E-state index is 0.589. The highest BCUT2D eigenvalue weighted by atomic mass is 35.5. The maximum atomic E-state index is 6.28. The highest BCUT2D eigenvalue weighted by Gasteiger charge is 2.10. The monoisotopic (exact) mass is 241 g/mol. The lowest BCUT2D eigenvalue weighted by Gasteiger charge is -2.01. The molecule has 1 nitrogen and oxygen atoms in total. The molecule has 80 valence electrons. The van der Waals surface area contributed by atoms with E-state index in [0.717, 1.165) is 33.1 Å². The van der Waals surface area contributed by atoms with Gasteiger partial charge in [-0.1, -0.05) is 37.0 Å². The van der Waals surface area contributed by atoms with E-state index in [4.69, 9.17) is 23.2 Å². The number of rotatable bonds is 2. The fraction of sp³-hybridized carbons (Fsp3) is 0.333. The van der Waals surface area contributed by atoms with Crippen molar-refractivity contribution in [2.24, 2.45) is 5.92 Å². The highest BCUT2D eigenvalue weighted by Crippen LogP contribution is 2.30. The van der Waals surface area contributed by atoms with Crippen molar-refractivity contribution in [2.75, 3.05) is 0 Å². The first-order valence-electron chi connectivity index (χ1n) is 5.03. The Morgan fingerprint density at radius 2 is 2.00 bits per heavy atom. The number of halogens is 2. The summed E-state index contributed by atoms with van der Waals surface area (Å²) in [7, 11) is 0. The van der Waals surface area contributed by atoms with Crippen LogP contribution in [0.2, 0.25) is 10.0 Å². The number of H-pyrrole nitrogens is 1. The van der Waals surface area contributed by atoms with Gasteiger partial charge in [0.1, 0.15) is 0 Å². The molecular formula is C12H13Cl2N. The van der Waals surface area contributed by atoms with Crippen molar-refractivity contribution in [1.29, 1.82) is 0 Å². The Balaban J connectivity index is 2.54. The molecule has 0 saturated carbocycles. The summed E-state index contributed by atoms with van der Waals surface area (Å²) in [5.41, 5.74) is 2.16. The standard InChI is InChI=1S/C12H13Cl2N/c1-7(2)5-11-12(14)9-6-8(13)3-4-10(9)15-11/h3-4,6-7,15H,5H2,1-2H3. The third-order valence-corrected chi connectivity index (χ3v) is 3.05. The molecule has 0 atom stereocenters. The Bertz CT molecular complexity index is 486. The average Bonchev–Trinajstić information content (AvgIpc) is 2.44. The molecule has 1 heterocycles. The molecule has 0 radical (unpaired) electrons. The fourth-order valence-corrected chi connectivity index (χ4v) is 2.19. The molecule has 0 spiro atoms. The molecular weight excluding hydrogens is 229 g/mol. The van der Waals surface area contributed by atoms with E-state index in [0.29, 0.717) is 5.92 Å². The smallest absolute Gasteiger partial charge is 0.0692 e. The zero-order valence-electron chi connectivity index (χ0n) is 8.77. The zero-order valence-corrected chi connectivity index (χ0v) is 10.3. The second-order valence-corrected chi connectivity index (χ2v) is 5.02. The maximum absolute atomic E-state index is 6.28. The van der Waals surface area contributed by atoms with Crippen LogP contribution in [0.5, 0.6) is 0 Å². The molecule has 1 N–H and O–H groups in total. The van der Waals surface area contributed by atoms with Gasteiger partial charge in [0, 0.05) is 21.6 Å². The summed E-state index contributed by atoms with van der Waals surface area (Å²) in [5, 5.41) is 2.54. The molecule has 0 saturated heterocycles. The maximum Gasteiger partial charge on any atom is 0.0692 e. The minimum absolute atomic E-state index is 0.589. The Kier molecular flexibility index (Phi) is 2.94. The van der Waals surface area contributed by atoms with Crippen molar-refractivity contribution in [3.8, 4) is 0 Å². The van der Waals surface area contributed by atoms with E-state index in [1.807, 2.05) is 18.2 Å². The Labute approximate surface area is 99.4 Å². The van der Waals surface area contributed by atoms with Crippen LogP contribution in [-0.4, -0.2) is 4.98 Å². The molecule has 0 aliphatic heterocycles. The van der Waals surface area contributed by atoms with Crippen LogP contribution in [0.4, 0.5) is 0 Å². The quantitative estimate of drug-likeness (QED) is 0.787. The summed E-state index contributed by atoms with van der Waals surface area (Å²) in [6.45, 7) is 4.35. The van der Waals surface area contributed by atoms with E-state index in [2.05, 4.69) is 18.8 Å². The van der Waals surface area contributed by atoms with Crippen LogP contribution in [0.15, 0.2) is 18.2 Å². The third kappa shape index (κ3) is 2.14. The van der Waals surface area contributed by atoms with Gasteiger partial charge in [-0.25, -0.2) is 0 Å². The fourth-order valence-electron chi connectivity index (χ4n) is 1.74. The topological polar surface area (TPSA) is 15.8 Å². The van der Waals surface area contributed by atoms with Crippen molar-refractivity contribution in [3.63, 3.8) is 0 Å². The van der Waals surface area contributed by atoms with E-state index in [9.17, 15) is 0 Å². The Morgan fingerprint density at radius 3 is 2.67 bits per heavy atom. The predicted octanol–water partition coefficient (Wildman–Crippen LogP) is 4.67. The van der Waals surface area contributed by atoms with Gasteiger partial charge in [0.15, 0.2) is 0 Å². The predicted molar refractivity (Wildman–Crippen MR) is 66.9 cm³/mol. The molecule has 1 aromatic carbocycles. The van der Waals surface area contributed by atoms with E-state index in [1.54, 1.807) is 0 Å². The molecule has 0 amide bonds. The van der Waals surface area contributed by atoms with Gasteiger partial charge >= 0.3 is 0 Å². The average molecular weight is 242 g/mol. The number of nitrogens with one attached hydrogen (secondary N) is 1. The molecule has 1 aromatic heterocycles. The van der Waals surface area contributed by atoms with Crippen LogP contribution in [0.1, 0.15) is 19.5 Å². The van der Waals surface area contributed by atoms with E-state index >= 15 is 0 Å². The van der Waals surface area contributed by atoms with Gasteiger partial charge in [-0.15, -0.1) is 0 Å². The van der Waals surface area contributed by atoms with Crippen molar-refractivity contribution in [2.45, 2.75) is 20.3 Å². The van der Waals surface area contributed by atoms with Crippen LogP contribution in [0, 0.1) is 5.92 Å². The van der Waals surface area contributed by atoms with Gasteiger partial charge in [-0.3, -0.25) is 0 Å². The summed E-state index contributed by atoms with van der Waals surface area (Å²) in [6, 6.07) is 5.74. The van der Waals surface area contributed by atoms with Crippen molar-refractivity contribution < 1.29 is 0 Å². The molecule has 0 aliphatic rings. The molecule has 0 bridgehead atoms. The highest BCUT2D eigenvalue weighted by molar-refractivity contribution is 6.37. The van der Waals surface area contributed by atoms with Gasteiger partial charge in [0.25, 0.3) is 0 Å². The first-order chi connectivity index (χ1) is 7.08. The largest absolute Gasteiger partial charge is 0.357 e. The van der Waals surface area contributed by atoms with Gasteiger partial charge in [-0.2, -0.15) is 0 Å². The van der Waals surface area contributed by atoms with Crippen LogP contribution >= 0.6 is 23.2 Å². The first-order valence-corrected chi connectivity index (χ1v) is 5.79. The van der Waals surface area contributed by atoms with Crippen LogP contribution in [-0.2, 0) is 6.42 Å². The van der Waals surface area contributed by atoms with E-state index in [1.165, 1.54) is 0 Å². The van der Waals surface area contributed by atoms with Crippen molar-refractivity contribution in [3.05, 3.63) is 33.9 Å². The lowest BCUT2D eigenvalue weighted by molar-refractivity contribution is 0.639. The molecule has 0 aliphatic carbocycles. The SMILES string of the molecule is CC(C)Cc1[nH]c2ccc(Cl)cc2c1Cl. The number of hydrogen-bond acceptors (Lipinski definition) is 0. The van der Waals surface area contributed by atoms with Crippen LogP contribution < -0.4 is 0 Å². The molecule has 2 rings (SSSR count). The lowest BCUT2D eigenvalue weighted by Crippen LogP contribution is -1.94. The summed E-state index contributed by atoms with van der Waals surface area (Å²) in [4.78, 5) is 3.33. The molecule has 2 aromatic rings. The van der Waals surface area contributed by atoms with Crippen LogP contribution in [0.25, 0.3) is 10.9 Å². The minimum Gasteiger partial charge on any atom is -0.357 e. The van der Waals surface area contributed by atoms with E-state index in [-0.39, 0.29) is 0 Å². The third-order valence-electron chi connectivity index (χ3n) is 2.38. The Morgan fingerprint density at radius 1 is 1.27 bits per heavy atom. The first kappa shape index (κ1) is 10.8. The molecule has 0 unspecified atom stereocenters. The number of benzene rings is 1. The van der Waals surface area contributed by atoms with Crippen molar-refractivity contribution in [1.82, 2.24) is 4.98 Å². The van der Waals surface area contributed by atoms with Gasteiger partial charge in [-0.05, 0) is 30.5 Å².